The number of ketones is 1. The van der Waals surface area contributed by atoms with Crippen molar-refractivity contribution in [2.45, 2.75) is 26.2 Å². The van der Waals surface area contributed by atoms with Crippen molar-refractivity contribution in [3.05, 3.63) is 65.7 Å². The van der Waals surface area contributed by atoms with Gasteiger partial charge >= 0.3 is 0 Å². The molecule has 1 unspecified atom stereocenters. The van der Waals surface area contributed by atoms with Gasteiger partial charge in [0.2, 0.25) is 0 Å². The molecule has 0 fully saturated rings. The summed E-state index contributed by atoms with van der Waals surface area (Å²) >= 11 is 0. The molecule has 0 saturated carbocycles. The molecule has 0 aliphatic carbocycles. The topological polar surface area (TPSA) is 26.3 Å². The van der Waals surface area contributed by atoms with Gasteiger partial charge in [-0.1, -0.05) is 49.4 Å². The smallest absolute Gasteiger partial charge is 0.170 e. The summed E-state index contributed by atoms with van der Waals surface area (Å²) in [5, 5.41) is 0. The Morgan fingerprint density at radius 2 is 1.80 bits per heavy atom. The summed E-state index contributed by atoms with van der Waals surface area (Å²) in [4.78, 5) is 12.7. The van der Waals surface area contributed by atoms with Gasteiger partial charge in [-0.2, -0.15) is 0 Å². The summed E-state index contributed by atoms with van der Waals surface area (Å²) in [6.45, 7) is 4.59. The molecule has 0 heterocycles. The minimum Gasteiger partial charge on any atom is -0.494 e. The van der Waals surface area contributed by atoms with Gasteiger partial charge in [0.1, 0.15) is 5.75 Å². The van der Waals surface area contributed by atoms with Crippen molar-refractivity contribution in [2.24, 2.45) is 0 Å². The lowest BCUT2D eigenvalue weighted by molar-refractivity contribution is 0.0957. The van der Waals surface area contributed by atoms with Crippen molar-refractivity contribution in [1.29, 1.82) is 0 Å². The number of hydrogen-bond acceptors (Lipinski definition) is 2. The molecule has 0 aliphatic rings. The van der Waals surface area contributed by atoms with Crippen molar-refractivity contribution >= 4 is 5.78 Å². The SMILES string of the molecule is CCOc1cccc(C(=O)C(CC)c2ccccc2)c1. The highest BCUT2D eigenvalue weighted by Crippen LogP contribution is 2.25. The largest absolute Gasteiger partial charge is 0.494 e. The molecule has 0 spiro atoms. The summed E-state index contributed by atoms with van der Waals surface area (Å²) in [5.41, 5.74) is 1.79. The molecule has 2 aromatic rings. The van der Waals surface area contributed by atoms with Crippen LogP contribution in [0.2, 0.25) is 0 Å². The van der Waals surface area contributed by atoms with E-state index < -0.39 is 0 Å². The first-order valence-electron chi connectivity index (χ1n) is 7.08. The summed E-state index contributed by atoms with van der Waals surface area (Å²) in [5.74, 6) is 0.814. The lowest BCUT2D eigenvalue weighted by atomic mass is 9.88. The Morgan fingerprint density at radius 1 is 1.05 bits per heavy atom. The number of Topliss-reactive ketones (excluding diaryl/α,β-unsaturated/α-hetero) is 1. The van der Waals surface area contributed by atoms with Gasteiger partial charge in [-0.05, 0) is 31.0 Å². The quantitative estimate of drug-likeness (QED) is 0.723. The second kappa shape index (κ2) is 6.90. The number of carbonyl (C=O) groups excluding carboxylic acids is 1. The zero-order valence-corrected chi connectivity index (χ0v) is 12.0. The summed E-state index contributed by atoms with van der Waals surface area (Å²) in [6.07, 6.45) is 0.793. The lowest BCUT2D eigenvalue weighted by Crippen LogP contribution is -2.12. The minimum absolute atomic E-state index is 0.0897. The van der Waals surface area contributed by atoms with E-state index in [1.54, 1.807) is 0 Å². The molecule has 2 rings (SSSR count). The van der Waals surface area contributed by atoms with Gasteiger partial charge in [-0.15, -0.1) is 0 Å². The molecule has 0 aromatic heterocycles. The number of ether oxygens (including phenoxy) is 1. The zero-order valence-electron chi connectivity index (χ0n) is 12.0. The molecule has 20 heavy (non-hydrogen) atoms. The second-order valence-electron chi connectivity index (χ2n) is 4.70. The van der Waals surface area contributed by atoms with E-state index in [4.69, 9.17) is 4.74 Å². The van der Waals surface area contributed by atoms with E-state index in [2.05, 4.69) is 0 Å². The van der Waals surface area contributed by atoms with Crippen molar-refractivity contribution in [3.8, 4) is 5.75 Å². The Balaban J connectivity index is 2.27. The Bertz CT molecular complexity index is 561. The van der Waals surface area contributed by atoms with Gasteiger partial charge in [-0.3, -0.25) is 4.79 Å². The average Bonchev–Trinajstić information content (AvgIpc) is 2.50. The summed E-state index contributed by atoms with van der Waals surface area (Å²) < 4.78 is 5.46. The normalized spacial score (nSPS) is 11.9. The van der Waals surface area contributed by atoms with E-state index in [1.165, 1.54) is 0 Å². The Kier molecular flexibility index (Phi) is 4.94. The van der Waals surface area contributed by atoms with Crippen LogP contribution in [0.1, 0.15) is 42.1 Å². The molecule has 0 bridgehead atoms. The van der Waals surface area contributed by atoms with E-state index >= 15 is 0 Å². The third-order valence-electron chi connectivity index (χ3n) is 3.36. The molecule has 1 atom stereocenters. The number of hydrogen-bond donors (Lipinski definition) is 0. The van der Waals surface area contributed by atoms with Gasteiger partial charge in [-0.25, -0.2) is 0 Å². The molecule has 0 N–H and O–H groups in total. The molecule has 2 heteroatoms. The fourth-order valence-corrected chi connectivity index (χ4v) is 2.36. The van der Waals surface area contributed by atoms with E-state index in [1.807, 2.05) is 68.4 Å². The Labute approximate surface area is 120 Å². The first-order chi connectivity index (χ1) is 9.76. The Hall–Kier alpha value is -2.09. The van der Waals surface area contributed by atoms with Gasteiger partial charge < -0.3 is 4.74 Å². The third kappa shape index (κ3) is 3.27. The molecule has 2 nitrogen and oxygen atoms in total. The van der Waals surface area contributed by atoms with Gasteiger partial charge in [0.15, 0.2) is 5.78 Å². The van der Waals surface area contributed by atoms with Gasteiger partial charge in [0.25, 0.3) is 0 Å². The molecular weight excluding hydrogens is 248 g/mol. The number of rotatable bonds is 6. The van der Waals surface area contributed by atoms with Crippen LogP contribution in [0.15, 0.2) is 54.6 Å². The van der Waals surface area contributed by atoms with Gasteiger partial charge in [0.05, 0.1) is 6.61 Å². The molecule has 2 aromatic carbocycles. The van der Waals surface area contributed by atoms with Crippen LogP contribution in [0.4, 0.5) is 0 Å². The lowest BCUT2D eigenvalue weighted by Gasteiger charge is -2.15. The van der Waals surface area contributed by atoms with Crippen LogP contribution in [0.3, 0.4) is 0 Å². The maximum Gasteiger partial charge on any atom is 0.170 e. The highest BCUT2D eigenvalue weighted by Gasteiger charge is 2.20. The molecule has 0 radical (unpaired) electrons. The van der Waals surface area contributed by atoms with Gasteiger partial charge in [0, 0.05) is 11.5 Å². The van der Waals surface area contributed by atoms with Crippen molar-refractivity contribution in [1.82, 2.24) is 0 Å². The van der Waals surface area contributed by atoms with Crippen molar-refractivity contribution in [3.63, 3.8) is 0 Å². The average molecular weight is 268 g/mol. The maximum absolute atomic E-state index is 12.7. The number of benzene rings is 2. The monoisotopic (exact) mass is 268 g/mol. The van der Waals surface area contributed by atoms with Crippen LogP contribution in [-0.4, -0.2) is 12.4 Å². The van der Waals surface area contributed by atoms with E-state index in [0.29, 0.717) is 12.2 Å². The molecule has 104 valence electrons. The highest BCUT2D eigenvalue weighted by atomic mass is 16.5. The number of carbonyl (C=O) groups is 1. The maximum atomic E-state index is 12.7. The van der Waals surface area contributed by atoms with E-state index in [9.17, 15) is 4.79 Å². The standard InChI is InChI=1S/C18H20O2/c1-3-17(14-9-6-5-7-10-14)18(19)15-11-8-12-16(13-15)20-4-2/h5-13,17H,3-4H2,1-2H3. The third-order valence-corrected chi connectivity index (χ3v) is 3.36. The predicted molar refractivity (Wildman–Crippen MR) is 81.4 cm³/mol. The first kappa shape index (κ1) is 14.3. The van der Waals surface area contributed by atoms with E-state index in [-0.39, 0.29) is 11.7 Å². The summed E-state index contributed by atoms with van der Waals surface area (Å²) in [6, 6.07) is 17.4. The fourth-order valence-electron chi connectivity index (χ4n) is 2.36. The summed E-state index contributed by atoms with van der Waals surface area (Å²) in [7, 11) is 0. The van der Waals surface area contributed by atoms with Crippen LogP contribution in [0, 0.1) is 0 Å². The Morgan fingerprint density at radius 3 is 2.45 bits per heavy atom. The van der Waals surface area contributed by atoms with Crippen LogP contribution in [0.5, 0.6) is 5.75 Å². The second-order valence-corrected chi connectivity index (χ2v) is 4.70. The molecule has 0 saturated heterocycles. The highest BCUT2D eigenvalue weighted by molar-refractivity contribution is 6.01. The fraction of sp³-hybridized carbons (Fsp3) is 0.278. The van der Waals surface area contributed by atoms with Crippen LogP contribution in [-0.2, 0) is 0 Å². The zero-order chi connectivity index (χ0) is 14.4. The predicted octanol–water partition coefficient (Wildman–Crippen LogP) is 4.46. The van der Waals surface area contributed by atoms with Crippen molar-refractivity contribution < 1.29 is 9.53 Å². The van der Waals surface area contributed by atoms with Crippen molar-refractivity contribution in [2.75, 3.05) is 6.61 Å². The molecular formula is C18H20O2. The molecule has 0 amide bonds. The first-order valence-corrected chi connectivity index (χ1v) is 7.08. The molecule has 0 aliphatic heterocycles. The van der Waals surface area contributed by atoms with Crippen LogP contribution < -0.4 is 4.74 Å². The van der Waals surface area contributed by atoms with Crippen LogP contribution >= 0.6 is 0 Å². The van der Waals surface area contributed by atoms with E-state index in [0.717, 1.165) is 17.7 Å². The minimum atomic E-state index is -0.0897. The van der Waals surface area contributed by atoms with Crippen LogP contribution in [0.25, 0.3) is 0 Å².